The Labute approximate surface area is 127 Å². The predicted molar refractivity (Wildman–Crippen MR) is 91.7 cm³/mol. The SMILES string of the molecule is CC(C)=CCC/C(I)=C/B1C2CCCC1CCC2. The van der Waals surface area contributed by atoms with E-state index in [1.165, 1.54) is 56.9 Å². The van der Waals surface area contributed by atoms with E-state index in [0.717, 1.165) is 18.3 Å². The highest BCUT2D eigenvalue weighted by Crippen LogP contribution is 2.47. The summed E-state index contributed by atoms with van der Waals surface area (Å²) < 4.78 is 1.61. The molecule has 0 atom stereocenters. The van der Waals surface area contributed by atoms with Gasteiger partial charge >= 0.3 is 0 Å². The zero-order valence-corrected chi connectivity index (χ0v) is 14.1. The van der Waals surface area contributed by atoms with Gasteiger partial charge < -0.3 is 0 Å². The largest absolute Gasteiger partial charge is 0.173 e. The van der Waals surface area contributed by atoms with Gasteiger partial charge in [-0.25, -0.2) is 0 Å². The highest BCUT2D eigenvalue weighted by molar-refractivity contribution is 14.1. The Balaban J connectivity index is 1.91. The molecule has 0 aromatic rings. The standard InChI is InChI=1S/C16H26BI/c1-13(2)6-3-11-16(18)12-17-14-7-4-8-15(17)10-5-9-14/h6,12,14-15H,3-5,7-11H2,1-2H3/b16-12-. The molecule has 0 spiro atoms. The van der Waals surface area contributed by atoms with Gasteiger partial charge in [-0.2, -0.15) is 0 Å². The molecule has 2 saturated heterocycles. The number of rotatable bonds is 4. The summed E-state index contributed by atoms with van der Waals surface area (Å²) in [6.07, 6.45) is 13.8. The molecule has 0 amide bonds. The van der Waals surface area contributed by atoms with Crippen molar-refractivity contribution in [3.8, 4) is 0 Å². The zero-order valence-electron chi connectivity index (χ0n) is 11.9. The highest BCUT2D eigenvalue weighted by atomic mass is 127. The molecule has 2 fully saturated rings. The van der Waals surface area contributed by atoms with Crippen molar-refractivity contribution >= 4 is 29.3 Å². The monoisotopic (exact) mass is 356 g/mol. The fourth-order valence-corrected chi connectivity index (χ4v) is 4.52. The lowest BCUT2D eigenvalue weighted by Gasteiger charge is -2.39. The van der Waals surface area contributed by atoms with Gasteiger partial charge in [0.15, 0.2) is 6.71 Å². The lowest BCUT2D eigenvalue weighted by molar-refractivity contribution is 0.447. The maximum atomic E-state index is 2.65. The minimum atomic E-state index is 0.922. The second-order valence-electron chi connectivity index (χ2n) is 6.39. The topological polar surface area (TPSA) is 0 Å². The molecular weight excluding hydrogens is 330 g/mol. The van der Waals surface area contributed by atoms with Gasteiger partial charge in [-0.3, -0.25) is 0 Å². The van der Waals surface area contributed by atoms with Gasteiger partial charge in [-0.1, -0.05) is 84.4 Å². The van der Waals surface area contributed by atoms with Crippen LogP contribution in [0, 0.1) is 0 Å². The van der Waals surface area contributed by atoms with Crippen LogP contribution in [0.5, 0.6) is 0 Å². The van der Waals surface area contributed by atoms with Gasteiger partial charge in [0.2, 0.25) is 0 Å². The average molecular weight is 356 g/mol. The molecule has 2 aliphatic heterocycles. The van der Waals surface area contributed by atoms with Crippen LogP contribution in [0.1, 0.15) is 65.2 Å². The Morgan fingerprint density at radius 1 is 1.11 bits per heavy atom. The summed E-state index contributed by atoms with van der Waals surface area (Å²) in [5, 5.41) is 0. The van der Waals surface area contributed by atoms with Gasteiger partial charge in [-0.15, -0.1) is 5.98 Å². The average Bonchev–Trinajstić information content (AvgIpc) is 2.27. The van der Waals surface area contributed by atoms with E-state index >= 15 is 0 Å². The maximum absolute atomic E-state index is 2.65. The van der Waals surface area contributed by atoms with E-state index in [1.807, 2.05) is 0 Å². The molecule has 2 heteroatoms. The number of hydrogen-bond acceptors (Lipinski definition) is 0. The summed E-state index contributed by atoms with van der Waals surface area (Å²) in [5.74, 6) is 4.68. The van der Waals surface area contributed by atoms with E-state index in [1.54, 1.807) is 3.58 Å². The van der Waals surface area contributed by atoms with Gasteiger partial charge in [0.25, 0.3) is 0 Å². The highest BCUT2D eigenvalue weighted by Gasteiger charge is 2.37. The molecule has 2 rings (SSSR count). The summed E-state index contributed by atoms with van der Waals surface area (Å²) in [6, 6.07) is 0. The Morgan fingerprint density at radius 3 is 2.17 bits per heavy atom. The third kappa shape index (κ3) is 4.14. The smallest absolute Gasteiger partial charge is 0.105 e. The minimum absolute atomic E-state index is 0.922. The molecule has 0 saturated carbocycles. The van der Waals surface area contributed by atoms with Crippen molar-refractivity contribution in [3.05, 3.63) is 21.2 Å². The first-order chi connectivity index (χ1) is 8.66. The van der Waals surface area contributed by atoms with E-state index in [0.29, 0.717) is 0 Å². The second kappa shape index (κ2) is 7.16. The van der Waals surface area contributed by atoms with Crippen LogP contribution >= 0.6 is 22.6 Å². The third-order valence-electron chi connectivity index (χ3n) is 4.70. The predicted octanol–water partition coefficient (Wildman–Crippen LogP) is 6.19. The Kier molecular flexibility index (Phi) is 5.84. The van der Waals surface area contributed by atoms with E-state index < -0.39 is 0 Å². The molecule has 0 nitrogen and oxygen atoms in total. The van der Waals surface area contributed by atoms with Crippen molar-refractivity contribution in [1.29, 1.82) is 0 Å². The van der Waals surface area contributed by atoms with E-state index in [-0.39, 0.29) is 0 Å². The number of hydrogen-bond donors (Lipinski definition) is 0. The number of fused-ring (bicyclic) bond motifs is 2. The van der Waals surface area contributed by atoms with E-state index in [2.05, 4.69) is 48.5 Å². The normalized spacial score (nSPS) is 28.2. The van der Waals surface area contributed by atoms with Gasteiger partial charge in [0.05, 0.1) is 0 Å². The lowest BCUT2D eigenvalue weighted by atomic mass is 9.27. The summed E-state index contributed by atoms with van der Waals surface area (Å²) in [4.78, 5) is 0. The van der Waals surface area contributed by atoms with Crippen molar-refractivity contribution in [2.45, 2.75) is 76.8 Å². The van der Waals surface area contributed by atoms with Gasteiger partial charge in [0, 0.05) is 0 Å². The van der Waals surface area contributed by atoms with Crippen LogP contribution in [0.15, 0.2) is 21.2 Å². The van der Waals surface area contributed by atoms with Crippen LogP contribution in [0.4, 0.5) is 0 Å². The molecule has 2 aliphatic rings. The maximum Gasteiger partial charge on any atom is 0.173 e. The lowest BCUT2D eigenvalue weighted by Crippen LogP contribution is -2.33. The molecule has 100 valence electrons. The molecule has 0 unspecified atom stereocenters. The molecule has 0 aliphatic carbocycles. The van der Waals surface area contributed by atoms with Crippen LogP contribution in [0.2, 0.25) is 11.6 Å². The fourth-order valence-electron chi connectivity index (χ4n) is 3.79. The Bertz CT molecular complexity index is 306. The molecule has 0 N–H and O–H groups in total. The van der Waals surface area contributed by atoms with E-state index in [9.17, 15) is 0 Å². The molecule has 0 aromatic carbocycles. The van der Waals surface area contributed by atoms with Gasteiger partial charge in [0.1, 0.15) is 0 Å². The van der Waals surface area contributed by atoms with Crippen molar-refractivity contribution in [2.24, 2.45) is 0 Å². The van der Waals surface area contributed by atoms with Crippen LogP contribution in [0.25, 0.3) is 0 Å². The van der Waals surface area contributed by atoms with Crippen LogP contribution in [-0.2, 0) is 0 Å². The minimum Gasteiger partial charge on any atom is -0.105 e. The second-order valence-corrected chi connectivity index (χ2v) is 7.78. The number of halogens is 1. The van der Waals surface area contributed by atoms with Crippen molar-refractivity contribution < 1.29 is 0 Å². The fraction of sp³-hybridized carbons (Fsp3) is 0.750. The summed E-state index contributed by atoms with van der Waals surface area (Å²) >= 11 is 2.58. The molecule has 2 bridgehead atoms. The van der Waals surface area contributed by atoms with Crippen LogP contribution in [-0.4, -0.2) is 6.71 Å². The molecule has 0 aromatic heterocycles. The summed E-state index contributed by atoms with van der Waals surface area (Å²) in [7, 11) is 0. The molecule has 0 radical (unpaired) electrons. The van der Waals surface area contributed by atoms with Crippen molar-refractivity contribution in [1.82, 2.24) is 0 Å². The molecular formula is C16H26BI. The number of allylic oxidation sites excluding steroid dienone is 3. The zero-order chi connectivity index (χ0) is 13.0. The summed E-state index contributed by atoms with van der Waals surface area (Å²) in [5.41, 5.74) is 1.45. The molecule has 18 heavy (non-hydrogen) atoms. The molecule has 2 heterocycles. The van der Waals surface area contributed by atoms with Gasteiger partial charge in [-0.05, 0) is 30.3 Å². The third-order valence-corrected chi connectivity index (χ3v) is 5.60. The first kappa shape index (κ1) is 14.7. The first-order valence-corrected chi connectivity index (χ1v) is 8.74. The Morgan fingerprint density at radius 2 is 1.67 bits per heavy atom. The summed E-state index contributed by atoms with van der Waals surface area (Å²) in [6.45, 7) is 5.32. The van der Waals surface area contributed by atoms with Crippen molar-refractivity contribution in [3.63, 3.8) is 0 Å². The van der Waals surface area contributed by atoms with E-state index in [4.69, 9.17) is 0 Å². The Hall–Kier alpha value is 0.275. The van der Waals surface area contributed by atoms with Crippen LogP contribution in [0.3, 0.4) is 0 Å². The van der Waals surface area contributed by atoms with Crippen molar-refractivity contribution in [2.75, 3.05) is 0 Å². The van der Waals surface area contributed by atoms with Crippen LogP contribution < -0.4 is 0 Å². The first-order valence-electron chi connectivity index (χ1n) is 7.66. The quantitative estimate of drug-likeness (QED) is 0.320.